The quantitative estimate of drug-likeness (QED) is 0.764. The molecule has 1 fully saturated rings. The van der Waals surface area contributed by atoms with Crippen LogP contribution in [0.5, 0.6) is 0 Å². The second-order valence-electron chi connectivity index (χ2n) is 4.42. The molecular weight excluding hydrogens is 176 g/mol. The van der Waals surface area contributed by atoms with Gasteiger partial charge in [-0.15, -0.1) is 0 Å². The molecule has 3 nitrogen and oxygen atoms in total. The van der Waals surface area contributed by atoms with Gasteiger partial charge in [0, 0.05) is 25.2 Å². The van der Waals surface area contributed by atoms with Gasteiger partial charge in [0.25, 0.3) is 0 Å². The van der Waals surface area contributed by atoms with Crippen molar-refractivity contribution in [3.8, 4) is 0 Å². The van der Waals surface area contributed by atoms with Crippen molar-refractivity contribution in [3.63, 3.8) is 0 Å². The van der Waals surface area contributed by atoms with E-state index in [4.69, 9.17) is 0 Å². The number of aliphatic hydroxyl groups excluding tert-OH is 1. The van der Waals surface area contributed by atoms with Gasteiger partial charge in [-0.25, -0.2) is 0 Å². The Balaban J connectivity index is 1.97. The smallest absolute Gasteiger partial charge is 0.105 e. The summed E-state index contributed by atoms with van der Waals surface area (Å²) in [6, 6.07) is 4.06. The molecule has 0 aromatic carbocycles. The number of hydrogen-bond acceptors (Lipinski definition) is 2. The maximum absolute atomic E-state index is 9.35. The molecule has 78 valence electrons. The first-order valence-electron chi connectivity index (χ1n) is 5.21. The highest BCUT2D eigenvalue weighted by Crippen LogP contribution is 2.41. The van der Waals surface area contributed by atoms with Gasteiger partial charge < -0.3 is 15.0 Å². The fraction of sp³-hybridized carbons (Fsp3) is 0.636. The van der Waals surface area contributed by atoms with Gasteiger partial charge in [0.1, 0.15) is 5.82 Å². The van der Waals surface area contributed by atoms with Crippen LogP contribution in [0.3, 0.4) is 0 Å². The summed E-state index contributed by atoms with van der Waals surface area (Å²) in [4.78, 5) is 5.37. The lowest BCUT2D eigenvalue weighted by Crippen LogP contribution is -2.43. The van der Waals surface area contributed by atoms with Crippen molar-refractivity contribution in [3.05, 3.63) is 18.3 Å². The van der Waals surface area contributed by atoms with Crippen molar-refractivity contribution in [2.24, 2.45) is 5.41 Å². The largest absolute Gasteiger partial charge is 0.396 e. The summed E-state index contributed by atoms with van der Waals surface area (Å²) in [6.45, 7) is 1.27. The molecule has 0 amide bonds. The zero-order chi connectivity index (χ0) is 10.0. The van der Waals surface area contributed by atoms with Crippen molar-refractivity contribution in [2.75, 3.05) is 25.1 Å². The van der Waals surface area contributed by atoms with E-state index in [1.165, 1.54) is 6.42 Å². The summed E-state index contributed by atoms with van der Waals surface area (Å²) in [6.07, 6.45) is 5.51. The molecule has 0 unspecified atom stereocenters. The Kier molecular flexibility index (Phi) is 2.50. The molecular formula is C11H18N2O. The van der Waals surface area contributed by atoms with E-state index in [9.17, 15) is 5.11 Å². The third-order valence-corrected chi connectivity index (χ3v) is 3.31. The average Bonchev–Trinajstić information content (AvgIpc) is 2.63. The van der Waals surface area contributed by atoms with Crippen LogP contribution in [0.4, 0.5) is 5.82 Å². The number of nitrogens with one attached hydrogen (secondary N) is 1. The van der Waals surface area contributed by atoms with Crippen LogP contribution < -0.4 is 4.90 Å². The molecule has 0 bridgehead atoms. The van der Waals surface area contributed by atoms with E-state index in [0.717, 1.165) is 25.2 Å². The number of nitrogens with zero attached hydrogens (tertiary/aromatic N) is 1. The zero-order valence-corrected chi connectivity index (χ0v) is 8.66. The van der Waals surface area contributed by atoms with E-state index in [1.54, 1.807) is 0 Å². The maximum Gasteiger partial charge on any atom is 0.105 e. The molecule has 1 aromatic heterocycles. The van der Waals surface area contributed by atoms with Gasteiger partial charge >= 0.3 is 0 Å². The van der Waals surface area contributed by atoms with Crippen LogP contribution in [0.1, 0.15) is 19.3 Å². The minimum Gasteiger partial charge on any atom is -0.396 e. The Bertz CT molecular complexity index is 272. The number of aromatic nitrogens is 1. The van der Waals surface area contributed by atoms with Gasteiger partial charge in [-0.05, 0) is 25.0 Å². The van der Waals surface area contributed by atoms with E-state index < -0.39 is 0 Å². The van der Waals surface area contributed by atoms with Crippen LogP contribution in [0, 0.1) is 5.41 Å². The predicted molar refractivity (Wildman–Crippen MR) is 57.4 cm³/mol. The monoisotopic (exact) mass is 194 g/mol. The summed E-state index contributed by atoms with van der Waals surface area (Å²) in [5.41, 5.74) is 0.167. The van der Waals surface area contributed by atoms with Gasteiger partial charge in [-0.3, -0.25) is 0 Å². The van der Waals surface area contributed by atoms with Gasteiger partial charge in [0.15, 0.2) is 0 Å². The lowest BCUT2D eigenvalue weighted by molar-refractivity contribution is 0.0523. The van der Waals surface area contributed by atoms with E-state index in [0.29, 0.717) is 6.61 Å². The van der Waals surface area contributed by atoms with Crippen molar-refractivity contribution in [1.29, 1.82) is 0 Å². The van der Waals surface area contributed by atoms with Crippen molar-refractivity contribution in [2.45, 2.75) is 19.3 Å². The number of hydrogen-bond donors (Lipinski definition) is 2. The van der Waals surface area contributed by atoms with Crippen LogP contribution in [-0.4, -0.2) is 30.3 Å². The van der Waals surface area contributed by atoms with Gasteiger partial charge in [-0.2, -0.15) is 0 Å². The summed E-state index contributed by atoms with van der Waals surface area (Å²) < 4.78 is 0. The predicted octanol–water partition coefficient (Wildman–Crippen LogP) is 1.61. The van der Waals surface area contributed by atoms with Gasteiger partial charge in [-0.1, -0.05) is 6.42 Å². The number of rotatable bonds is 4. The topological polar surface area (TPSA) is 39.3 Å². The highest BCUT2D eigenvalue weighted by molar-refractivity contribution is 5.37. The third-order valence-electron chi connectivity index (χ3n) is 3.31. The summed E-state index contributed by atoms with van der Waals surface area (Å²) in [7, 11) is 2.07. The highest BCUT2D eigenvalue weighted by atomic mass is 16.3. The van der Waals surface area contributed by atoms with Gasteiger partial charge in [0.2, 0.25) is 0 Å². The average molecular weight is 194 g/mol. The molecule has 0 spiro atoms. The Morgan fingerprint density at radius 2 is 2.36 bits per heavy atom. The molecule has 2 N–H and O–H groups in total. The Morgan fingerprint density at radius 3 is 2.79 bits per heavy atom. The zero-order valence-electron chi connectivity index (χ0n) is 8.66. The minimum absolute atomic E-state index is 0.167. The lowest BCUT2D eigenvalue weighted by atomic mass is 9.69. The number of aliphatic hydroxyl groups is 1. The number of aromatic amines is 1. The first-order chi connectivity index (χ1) is 6.76. The molecule has 0 radical (unpaired) electrons. The Hall–Kier alpha value is -0.960. The molecule has 1 aliphatic carbocycles. The normalized spacial score (nSPS) is 19.0. The molecule has 1 aliphatic rings. The van der Waals surface area contributed by atoms with Gasteiger partial charge in [0.05, 0.1) is 6.61 Å². The fourth-order valence-electron chi connectivity index (χ4n) is 2.19. The minimum atomic E-state index is 0.167. The Morgan fingerprint density at radius 1 is 1.57 bits per heavy atom. The van der Waals surface area contributed by atoms with Crippen LogP contribution in [-0.2, 0) is 0 Å². The van der Waals surface area contributed by atoms with E-state index in [2.05, 4.69) is 23.0 Å². The van der Waals surface area contributed by atoms with Crippen molar-refractivity contribution < 1.29 is 5.11 Å². The number of H-pyrrole nitrogens is 1. The third kappa shape index (κ3) is 1.64. The molecule has 0 saturated heterocycles. The van der Waals surface area contributed by atoms with Crippen LogP contribution >= 0.6 is 0 Å². The molecule has 14 heavy (non-hydrogen) atoms. The van der Waals surface area contributed by atoms with Crippen LogP contribution in [0.25, 0.3) is 0 Å². The van der Waals surface area contributed by atoms with E-state index >= 15 is 0 Å². The lowest BCUT2D eigenvalue weighted by Gasteiger charge is -2.43. The molecule has 1 heterocycles. The molecule has 3 heteroatoms. The second kappa shape index (κ2) is 3.65. The molecule has 1 saturated carbocycles. The summed E-state index contributed by atoms with van der Waals surface area (Å²) >= 11 is 0. The molecule has 0 atom stereocenters. The first-order valence-corrected chi connectivity index (χ1v) is 5.21. The van der Waals surface area contributed by atoms with Crippen LogP contribution in [0.15, 0.2) is 18.3 Å². The summed E-state index contributed by atoms with van der Waals surface area (Å²) in [5.74, 6) is 1.13. The Labute approximate surface area is 84.7 Å². The number of anilines is 1. The van der Waals surface area contributed by atoms with E-state index in [-0.39, 0.29) is 5.41 Å². The molecule has 2 rings (SSSR count). The fourth-order valence-corrected chi connectivity index (χ4v) is 2.19. The molecule has 0 aliphatic heterocycles. The van der Waals surface area contributed by atoms with Crippen molar-refractivity contribution >= 4 is 5.82 Å². The first kappa shape index (κ1) is 9.59. The SMILES string of the molecule is CN(CC1(CO)CCC1)c1ccc[nH]1. The van der Waals surface area contributed by atoms with Crippen LogP contribution in [0.2, 0.25) is 0 Å². The van der Waals surface area contributed by atoms with E-state index in [1.807, 2.05) is 12.3 Å². The van der Waals surface area contributed by atoms with Crippen molar-refractivity contribution in [1.82, 2.24) is 4.98 Å². The maximum atomic E-state index is 9.35. The molecule has 1 aromatic rings. The highest BCUT2D eigenvalue weighted by Gasteiger charge is 2.37. The summed E-state index contributed by atoms with van der Waals surface area (Å²) in [5, 5.41) is 9.35. The second-order valence-corrected chi connectivity index (χ2v) is 4.42. The standard InChI is InChI=1S/C11H18N2O/c1-13(10-4-2-7-12-10)8-11(9-14)5-3-6-11/h2,4,7,12,14H,3,5-6,8-9H2,1H3.